The van der Waals surface area contributed by atoms with Crippen LogP contribution in [0.2, 0.25) is 0 Å². The van der Waals surface area contributed by atoms with Crippen molar-refractivity contribution in [2.75, 3.05) is 18.5 Å². The molecule has 2 aliphatic heterocycles. The molecule has 18 heteroatoms. The van der Waals surface area contributed by atoms with Crippen molar-refractivity contribution in [1.82, 2.24) is 10.2 Å². The molecule has 230 valence electrons. The van der Waals surface area contributed by atoms with E-state index in [4.69, 9.17) is 14.6 Å². The number of amides is 2. The van der Waals surface area contributed by atoms with E-state index in [1.54, 1.807) is 51.1 Å². The van der Waals surface area contributed by atoms with Crippen molar-refractivity contribution >= 4 is 61.4 Å². The van der Waals surface area contributed by atoms with Gasteiger partial charge in [0, 0.05) is 6.54 Å². The molecule has 7 N–H and O–H groups in total. The van der Waals surface area contributed by atoms with E-state index in [9.17, 15) is 43.1 Å². The second-order valence-electron chi connectivity index (χ2n) is 10.2. The molecule has 3 atom stereocenters. The third-order valence-electron chi connectivity index (χ3n) is 6.86. The normalized spacial score (nSPS) is 21.6. The van der Waals surface area contributed by atoms with Crippen molar-refractivity contribution < 1.29 is 57.7 Å². The van der Waals surface area contributed by atoms with Crippen molar-refractivity contribution in [3.05, 3.63) is 35.9 Å². The topological polar surface area (TPSA) is 232 Å². The fraction of sp³-hybridized carbons (Fsp3) is 0.458. The van der Waals surface area contributed by atoms with Crippen LogP contribution in [-0.4, -0.2) is 88.5 Å². The van der Waals surface area contributed by atoms with Crippen molar-refractivity contribution in [3.8, 4) is 5.75 Å². The zero-order valence-corrected chi connectivity index (χ0v) is 25.3. The lowest BCUT2D eigenvalue weighted by Crippen LogP contribution is -2.70. The van der Waals surface area contributed by atoms with Crippen LogP contribution in [0.15, 0.2) is 30.3 Å². The van der Waals surface area contributed by atoms with E-state index in [1.165, 1.54) is 16.7 Å². The Bertz CT molecular complexity index is 1490. The fourth-order valence-electron chi connectivity index (χ4n) is 5.05. The van der Waals surface area contributed by atoms with Crippen LogP contribution in [-0.2, 0) is 18.7 Å². The molecule has 0 spiro atoms. The lowest BCUT2D eigenvalue weighted by atomic mass is 9.99. The van der Waals surface area contributed by atoms with Crippen LogP contribution < -0.4 is 15.4 Å². The molecule has 0 aliphatic carbocycles. The van der Waals surface area contributed by atoms with Gasteiger partial charge in [0.25, 0.3) is 11.8 Å². The highest BCUT2D eigenvalue weighted by molar-refractivity contribution is 8.01. The molecule has 2 fully saturated rings. The van der Waals surface area contributed by atoms with Gasteiger partial charge in [-0.15, -0.1) is 11.8 Å². The summed E-state index contributed by atoms with van der Waals surface area (Å²) in [6, 6.07) is 7.44. The van der Waals surface area contributed by atoms with E-state index in [0.717, 1.165) is 0 Å². The molecular formula is C24H31N3O12P2S. The zero-order chi connectivity index (χ0) is 31.2. The molecule has 0 bridgehead atoms. The van der Waals surface area contributed by atoms with Gasteiger partial charge in [-0.25, -0.2) is 4.79 Å². The van der Waals surface area contributed by atoms with Gasteiger partial charge >= 0.3 is 21.3 Å². The Balaban J connectivity index is 1.64. The van der Waals surface area contributed by atoms with Crippen molar-refractivity contribution in [1.29, 1.82) is 0 Å². The largest absolute Gasteiger partial charge is 0.507 e. The summed E-state index contributed by atoms with van der Waals surface area (Å²) in [5.41, 5.74) is 0.287. The lowest BCUT2D eigenvalue weighted by molar-refractivity contribution is -0.161. The SMILES string of the molecule is CCOc1c(NCCC(P(=O)(O)O)P(=O)(O)O)cc2ccccc2c1C(=O)NC1C(=O)N2C1SC(C)(C)C2OC(=O)O. The minimum absolute atomic E-state index is 0.0609. The highest BCUT2D eigenvalue weighted by atomic mass is 32.2. The molecule has 0 aromatic heterocycles. The first-order valence-corrected chi connectivity index (χ1v) is 16.9. The standard InChI is InChI=1S/C24H31N3O12P2S/c1-4-38-18-14(25-10-9-15(40(32,33)34)41(35,36)37)11-12-7-5-6-8-13(12)16(18)19(28)26-17-20(29)27-21(17)42-24(2,3)22(27)39-23(30)31/h5-8,11,15,17,21-22,25H,4,9-10H2,1-3H3,(H,26,28)(H,30,31)(H2,32,33,34)(H2,35,36,37). The Labute approximate surface area is 244 Å². The molecule has 0 saturated carbocycles. The highest BCUT2D eigenvalue weighted by Gasteiger charge is 2.63. The van der Waals surface area contributed by atoms with Crippen molar-refractivity contribution in [3.63, 3.8) is 0 Å². The summed E-state index contributed by atoms with van der Waals surface area (Å²) in [4.78, 5) is 77.1. The summed E-state index contributed by atoms with van der Waals surface area (Å²) in [7, 11) is -10.3. The third-order valence-corrected chi connectivity index (χ3v) is 12.3. The van der Waals surface area contributed by atoms with Crippen LogP contribution in [0.1, 0.15) is 37.6 Å². The number of benzene rings is 2. The van der Waals surface area contributed by atoms with E-state index in [1.807, 2.05) is 0 Å². The number of hydrogen-bond acceptors (Lipinski definition) is 9. The van der Waals surface area contributed by atoms with Gasteiger partial charge in [-0.3, -0.25) is 23.6 Å². The number of carbonyl (C=O) groups is 3. The predicted octanol–water partition coefficient (Wildman–Crippen LogP) is 2.53. The van der Waals surface area contributed by atoms with Crippen molar-refractivity contribution in [2.24, 2.45) is 0 Å². The van der Waals surface area contributed by atoms with Gasteiger partial charge in [0.15, 0.2) is 17.4 Å². The quantitative estimate of drug-likeness (QED) is 0.106. The van der Waals surface area contributed by atoms with Gasteiger partial charge < -0.3 is 44.8 Å². The Hall–Kier alpha value is -2.84. The Morgan fingerprint density at radius 2 is 1.79 bits per heavy atom. The number of β-lactam (4-membered cyclic amide) rings is 1. The van der Waals surface area contributed by atoms with Gasteiger partial charge in [-0.2, -0.15) is 0 Å². The van der Waals surface area contributed by atoms with Crippen LogP contribution in [0.25, 0.3) is 10.8 Å². The molecule has 2 aliphatic rings. The first-order valence-electron chi connectivity index (χ1n) is 12.7. The smallest absolute Gasteiger partial charge is 0.491 e. The Morgan fingerprint density at radius 1 is 1.14 bits per heavy atom. The maximum absolute atomic E-state index is 13.8. The van der Waals surface area contributed by atoms with Gasteiger partial charge in [-0.05, 0) is 44.0 Å². The van der Waals surface area contributed by atoms with E-state index in [2.05, 4.69) is 10.6 Å². The van der Waals surface area contributed by atoms with E-state index < -0.39 is 67.4 Å². The number of carboxylic acid groups (broad SMARTS) is 1. The lowest BCUT2D eigenvalue weighted by Gasteiger charge is -2.43. The minimum Gasteiger partial charge on any atom is -0.491 e. The number of fused-ring (bicyclic) bond motifs is 2. The number of hydrogen-bond donors (Lipinski definition) is 7. The van der Waals surface area contributed by atoms with Gasteiger partial charge in [-0.1, -0.05) is 24.3 Å². The second kappa shape index (κ2) is 11.7. The maximum atomic E-state index is 13.8. The summed E-state index contributed by atoms with van der Waals surface area (Å²) in [6.07, 6.45) is -3.16. The fourth-order valence-corrected chi connectivity index (χ4v) is 9.10. The molecule has 2 aromatic carbocycles. The Kier molecular flexibility index (Phi) is 8.92. The average Bonchev–Trinajstić information content (AvgIpc) is 3.10. The first-order chi connectivity index (χ1) is 19.5. The van der Waals surface area contributed by atoms with Crippen LogP contribution in [0, 0.1) is 0 Å². The molecule has 0 radical (unpaired) electrons. The number of ether oxygens (including phenoxy) is 2. The van der Waals surface area contributed by atoms with E-state index in [-0.39, 0.29) is 30.2 Å². The van der Waals surface area contributed by atoms with E-state index >= 15 is 0 Å². The van der Waals surface area contributed by atoms with Crippen LogP contribution in [0.5, 0.6) is 5.75 Å². The minimum atomic E-state index is -5.14. The molecule has 42 heavy (non-hydrogen) atoms. The highest BCUT2D eigenvalue weighted by Crippen LogP contribution is 2.61. The van der Waals surface area contributed by atoms with Crippen LogP contribution in [0.4, 0.5) is 10.5 Å². The number of rotatable bonds is 11. The number of nitrogens with one attached hydrogen (secondary N) is 2. The number of carbonyl (C=O) groups excluding carboxylic acids is 2. The number of thioether (sulfide) groups is 1. The second-order valence-corrected chi connectivity index (χ2v) is 16.0. The van der Waals surface area contributed by atoms with Crippen LogP contribution in [0.3, 0.4) is 0 Å². The monoisotopic (exact) mass is 647 g/mol. The molecule has 2 amide bonds. The number of nitrogens with zero attached hydrogens (tertiary/aromatic N) is 1. The molecular weight excluding hydrogens is 616 g/mol. The summed E-state index contributed by atoms with van der Waals surface area (Å²) in [5.74, 6) is -1.12. The van der Waals surface area contributed by atoms with Gasteiger partial charge in [0.2, 0.25) is 0 Å². The summed E-state index contributed by atoms with van der Waals surface area (Å²) in [5, 5.41) is 13.0. The number of anilines is 1. The van der Waals surface area contributed by atoms with E-state index in [0.29, 0.717) is 10.8 Å². The summed E-state index contributed by atoms with van der Waals surface area (Å²) in [6.45, 7) is 4.96. The molecule has 2 aromatic rings. The molecule has 2 saturated heterocycles. The molecule has 15 nitrogen and oxygen atoms in total. The molecule has 2 heterocycles. The third kappa shape index (κ3) is 6.25. The summed E-state index contributed by atoms with van der Waals surface area (Å²) < 4.78 is 33.4. The average molecular weight is 648 g/mol. The van der Waals surface area contributed by atoms with Gasteiger partial charge in [0.05, 0.1) is 22.6 Å². The molecule has 4 rings (SSSR count). The first kappa shape index (κ1) is 32.1. The van der Waals surface area contributed by atoms with Gasteiger partial charge in [0.1, 0.15) is 11.4 Å². The Morgan fingerprint density at radius 3 is 2.38 bits per heavy atom. The predicted molar refractivity (Wildman–Crippen MR) is 153 cm³/mol. The maximum Gasteiger partial charge on any atom is 0.507 e. The van der Waals surface area contributed by atoms with Crippen molar-refractivity contribution in [2.45, 2.75) is 55.0 Å². The molecule has 3 unspecified atom stereocenters. The zero-order valence-electron chi connectivity index (χ0n) is 22.7. The summed E-state index contributed by atoms with van der Waals surface area (Å²) >= 11 is 1.29. The van der Waals surface area contributed by atoms with Crippen LogP contribution >= 0.6 is 27.0 Å².